The molecule has 0 aromatic heterocycles. The van der Waals surface area contributed by atoms with Gasteiger partial charge in [0.1, 0.15) is 49.0 Å². The highest BCUT2D eigenvalue weighted by atomic mass is 16.5. The van der Waals surface area contributed by atoms with E-state index in [1.54, 1.807) is 82.3 Å². The van der Waals surface area contributed by atoms with E-state index in [0.717, 1.165) is 23.6 Å². The van der Waals surface area contributed by atoms with Crippen LogP contribution in [-0.4, -0.2) is 107 Å². The third-order valence-electron chi connectivity index (χ3n) is 15.0. The summed E-state index contributed by atoms with van der Waals surface area (Å²) in [6, 6.07) is 29.7. The lowest BCUT2D eigenvalue weighted by molar-refractivity contribution is -0.147. The average Bonchev–Trinajstić information content (AvgIpc) is 2.78. The number of amides is 7. The van der Waals surface area contributed by atoms with E-state index in [-0.39, 0.29) is 63.5 Å². The molecule has 4 aromatic carbocycles. The molecule has 1 aliphatic heterocycles. The zero-order valence-electron chi connectivity index (χ0n) is 47.4. The summed E-state index contributed by atoms with van der Waals surface area (Å²) in [5.41, 5.74) is 1.98. The van der Waals surface area contributed by atoms with Gasteiger partial charge in [-0.3, -0.25) is 43.2 Å². The molecule has 1 saturated heterocycles. The van der Waals surface area contributed by atoms with Gasteiger partial charge in [-0.2, -0.15) is 0 Å². The van der Waals surface area contributed by atoms with E-state index < -0.39 is 107 Å². The van der Waals surface area contributed by atoms with Crippen LogP contribution in [0.1, 0.15) is 122 Å². The van der Waals surface area contributed by atoms with Crippen LogP contribution in [0.25, 0.3) is 0 Å². The number of esters is 2. The summed E-state index contributed by atoms with van der Waals surface area (Å²) in [5.74, 6) is -7.41. The Morgan fingerprint density at radius 2 is 1.15 bits per heavy atom. The highest BCUT2D eigenvalue weighted by Crippen LogP contribution is 2.47. The predicted octanol–water partition coefficient (Wildman–Crippen LogP) is 5.65. The molecular weight excluding hydrogens is 1030 g/mol. The summed E-state index contributed by atoms with van der Waals surface area (Å²) >= 11 is 0. The van der Waals surface area contributed by atoms with Crippen LogP contribution in [0.3, 0.4) is 0 Å². The Bertz CT molecular complexity index is 2770. The van der Waals surface area contributed by atoms with Crippen LogP contribution in [-0.2, 0) is 77.2 Å². The molecule has 0 radical (unpaired) electrons. The van der Waals surface area contributed by atoms with E-state index in [9.17, 15) is 38.4 Å². The Labute approximate surface area is 474 Å². The third kappa shape index (κ3) is 18.0. The van der Waals surface area contributed by atoms with Gasteiger partial charge >= 0.3 is 11.9 Å². The predicted molar refractivity (Wildman–Crippen MR) is 301 cm³/mol. The zero-order valence-corrected chi connectivity index (χ0v) is 47.4. The maximum Gasteiger partial charge on any atom is 0.308 e. The van der Waals surface area contributed by atoms with Gasteiger partial charge in [-0.25, -0.2) is 0 Å². The molecular formula is C62H79N7O12. The minimum atomic E-state index is -1.51. The van der Waals surface area contributed by atoms with Crippen LogP contribution in [0, 0.1) is 17.8 Å². The number of ether oxygens (including phenoxy) is 3. The molecule has 19 nitrogen and oxygen atoms in total. The Morgan fingerprint density at radius 3 is 1.68 bits per heavy atom. The molecule has 1 aliphatic carbocycles. The highest BCUT2D eigenvalue weighted by molar-refractivity contribution is 5.99. The first-order valence-corrected chi connectivity index (χ1v) is 28.0. The molecule has 0 spiro atoms. The number of rotatable bonds is 29. The molecule has 0 bridgehead atoms. The Morgan fingerprint density at radius 1 is 0.617 bits per heavy atom. The number of hydrogen-bond donors (Lipinski definition) is 6. The van der Waals surface area contributed by atoms with Crippen molar-refractivity contribution < 1.29 is 57.4 Å². The van der Waals surface area contributed by atoms with E-state index in [1.807, 2.05) is 80.6 Å². The van der Waals surface area contributed by atoms with Gasteiger partial charge in [-0.15, -0.1) is 0 Å². The number of nitrogens with one attached hydrogen (secondary N) is 6. The van der Waals surface area contributed by atoms with Crippen molar-refractivity contribution in [3.05, 3.63) is 144 Å². The molecule has 4 aromatic rings. The molecule has 7 amide bonds. The van der Waals surface area contributed by atoms with Gasteiger partial charge in [0.05, 0.1) is 25.2 Å². The monoisotopic (exact) mass is 1110 g/mol. The average molecular weight is 1110 g/mol. The van der Waals surface area contributed by atoms with Crippen LogP contribution >= 0.6 is 0 Å². The first kappa shape index (κ1) is 62.3. The lowest BCUT2D eigenvalue weighted by Gasteiger charge is -2.33. The van der Waals surface area contributed by atoms with Crippen LogP contribution in [0.15, 0.2) is 121 Å². The van der Waals surface area contributed by atoms with Crippen LogP contribution < -0.4 is 31.9 Å². The molecule has 1 saturated carbocycles. The molecule has 6 rings (SSSR count). The van der Waals surface area contributed by atoms with Gasteiger partial charge in [0.25, 0.3) is 0 Å². The van der Waals surface area contributed by atoms with Crippen molar-refractivity contribution in [3.63, 3.8) is 0 Å². The second-order valence-corrected chi connectivity index (χ2v) is 21.5. The lowest BCUT2D eigenvalue weighted by atomic mass is 9.95. The minimum Gasteiger partial charge on any atom is -0.461 e. The second kappa shape index (κ2) is 30.0. The van der Waals surface area contributed by atoms with Gasteiger partial charge in [-0.05, 0) is 59.8 Å². The molecule has 1 heterocycles. The fourth-order valence-electron chi connectivity index (χ4n) is 9.89. The molecule has 2 fully saturated rings. The summed E-state index contributed by atoms with van der Waals surface area (Å²) in [7, 11) is 0. The highest BCUT2D eigenvalue weighted by Gasteiger charge is 2.61. The number of nitrogens with zero attached hydrogens (tertiary/aromatic N) is 1. The topological polar surface area (TPSA) is 257 Å². The number of likely N-dealkylation sites (tertiary alicyclic amines) is 1. The van der Waals surface area contributed by atoms with Crippen molar-refractivity contribution in [2.45, 2.75) is 161 Å². The molecule has 434 valence electrons. The largest absolute Gasteiger partial charge is 0.461 e. The Kier molecular flexibility index (Phi) is 23.1. The van der Waals surface area contributed by atoms with Crippen molar-refractivity contribution in [2.75, 3.05) is 6.54 Å². The Balaban J connectivity index is 1.21. The molecule has 6 N–H and O–H groups in total. The van der Waals surface area contributed by atoms with Crippen LogP contribution in [0.5, 0.6) is 0 Å². The van der Waals surface area contributed by atoms with E-state index >= 15 is 4.79 Å². The number of hydrogen-bond acceptors (Lipinski definition) is 12. The minimum absolute atomic E-state index is 0.00476. The van der Waals surface area contributed by atoms with Gasteiger partial charge < -0.3 is 51.0 Å². The maximum atomic E-state index is 15.1. The summed E-state index contributed by atoms with van der Waals surface area (Å²) in [6.45, 7) is 12.0. The smallest absolute Gasteiger partial charge is 0.308 e. The van der Waals surface area contributed by atoms with Crippen molar-refractivity contribution in [2.24, 2.45) is 17.8 Å². The summed E-state index contributed by atoms with van der Waals surface area (Å²) in [6.07, 6.45) is -0.382. The number of carbonyl (C=O) groups is 9. The van der Waals surface area contributed by atoms with Gasteiger partial charge in [-0.1, -0.05) is 169 Å². The van der Waals surface area contributed by atoms with E-state index in [2.05, 4.69) is 31.9 Å². The second-order valence-electron chi connectivity index (χ2n) is 21.5. The van der Waals surface area contributed by atoms with Crippen molar-refractivity contribution >= 4 is 53.3 Å². The van der Waals surface area contributed by atoms with Gasteiger partial charge in [0.2, 0.25) is 41.4 Å². The number of benzene rings is 4. The molecule has 81 heavy (non-hydrogen) atoms. The molecule has 19 heteroatoms. The molecule has 2 unspecified atom stereocenters. The van der Waals surface area contributed by atoms with Gasteiger partial charge in [0, 0.05) is 26.3 Å². The van der Waals surface area contributed by atoms with E-state index in [0.29, 0.717) is 24.8 Å². The quantitative estimate of drug-likeness (QED) is 0.0361. The zero-order chi connectivity index (χ0) is 58.6. The fourth-order valence-corrected chi connectivity index (χ4v) is 9.89. The van der Waals surface area contributed by atoms with E-state index in [1.165, 1.54) is 4.90 Å². The van der Waals surface area contributed by atoms with Crippen molar-refractivity contribution in [1.29, 1.82) is 0 Å². The van der Waals surface area contributed by atoms with E-state index in [4.69, 9.17) is 14.2 Å². The molecule has 2 aliphatic rings. The van der Waals surface area contributed by atoms with Crippen molar-refractivity contribution in [3.8, 4) is 0 Å². The lowest BCUT2D eigenvalue weighted by Crippen LogP contribution is -2.61. The van der Waals surface area contributed by atoms with Crippen LogP contribution in [0.4, 0.5) is 0 Å². The summed E-state index contributed by atoms with van der Waals surface area (Å²) in [5, 5.41) is 16.8. The first-order chi connectivity index (χ1) is 38.8. The standard InChI is InChI=1S/C62H79N7O12/c1-8-40(5)55(67-56(73)49(30-31-52(71)80-37-44-24-16-11-17-25-44)65-57(74)50(64-42(7)70)33-53(72)81-38-45-26-18-12-19-27-45)59(76)66-54(39(3)4)60(77)69-35-48(79-36-43-22-14-10-15-23-43)32-51(69)58(75)68-62(34-47(62)9-2)61(78)63-41(6)46-28-20-13-21-29-46/h10-29,39-41,47-51,54-55H,8-9,30-38H2,1-7H3,(H,63,78)(H,64,70)(H,65,74)(H,66,76)(H,67,73)(H,68,75)/t40-,41-,47?,48?,49+,50-,51-,54-,55-,62+/m0/s1. The fraction of sp³-hybridized carbons (Fsp3) is 0.468. The molecule has 10 atom stereocenters. The summed E-state index contributed by atoms with van der Waals surface area (Å²) in [4.78, 5) is 127. The van der Waals surface area contributed by atoms with Crippen LogP contribution in [0.2, 0.25) is 0 Å². The summed E-state index contributed by atoms with van der Waals surface area (Å²) < 4.78 is 17.2. The normalized spacial score (nSPS) is 19.5. The van der Waals surface area contributed by atoms with Crippen molar-refractivity contribution in [1.82, 2.24) is 36.8 Å². The first-order valence-electron chi connectivity index (χ1n) is 28.0. The number of carbonyl (C=O) groups excluding carboxylic acids is 9. The third-order valence-corrected chi connectivity index (χ3v) is 15.0. The SMILES string of the molecule is CCC1C[C@]1(NC(=O)[C@@H]1CC(OCc2ccccc2)CN1C(=O)[C@@H](NC(=O)[C@@H](NC(=O)[C@@H](CCC(=O)OCc1ccccc1)NC(=O)[C@H](CC(=O)OCc1ccccc1)NC(C)=O)[C@@H](C)CC)C(C)C)C(=O)N[C@@H](C)c1ccccc1. The maximum absolute atomic E-state index is 15.1. The Hall–Kier alpha value is -7.93. The van der Waals surface area contributed by atoms with Gasteiger partial charge in [0.15, 0.2) is 0 Å².